The van der Waals surface area contributed by atoms with Crippen molar-refractivity contribution in [1.29, 1.82) is 0 Å². The van der Waals surface area contributed by atoms with Gasteiger partial charge >= 0.3 is 96.8 Å². The molecule has 10 heteroatoms. The zero-order chi connectivity index (χ0) is 13.3. The second-order valence-corrected chi connectivity index (χ2v) is 5.94. The Kier molecular flexibility index (Phi) is 5.27. The van der Waals surface area contributed by atoms with Crippen LogP contribution in [0.2, 0.25) is 0 Å². The van der Waals surface area contributed by atoms with Gasteiger partial charge in [-0.1, -0.05) is 0 Å². The van der Waals surface area contributed by atoms with Crippen LogP contribution in [-0.4, -0.2) is 57.3 Å². The molecule has 16 heavy (non-hydrogen) atoms. The molecule has 0 spiro atoms. The Balaban J connectivity index is 5.05. The van der Waals surface area contributed by atoms with Crippen molar-refractivity contribution in [1.82, 2.24) is 0 Å². The van der Waals surface area contributed by atoms with Crippen LogP contribution in [0, 0.1) is 0 Å². The van der Waals surface area contributed by atoms with Crippen molar-refractivity contribution in [3.63, 3.8) is 0 Å². The number of hydrogen-bond acceptors (Lipinski definition) is 0. The Hall–Kier alpha value is 0.169. The normalized spacial score (nSPS) is 19.9. The van der Waals surface area contributed by atoms with E-state index in [0.717, 1.165) is 0 Å². The molecule has 0 N–H and O–H groups in total. The molecule has 0 nitrogen and oxygen atoms in total. The van der Waals surface area contributed by atoms with Crippen molar-refractivity contribution < 1.29 is 39.5 Å². The second-order valence-electron chi connectivity index (χ2n) is 3.04. The SMILES string of the molecule is FC(F)C(F)C(F)C(F)(F)C(F)(F)[CH](F)[SnH3]. The Bertz CT molecular complexity index is 228. The first-order valence-corrected chi connectivity index (χ1v) is 7.21. The molecular weight excluding hydrogens is 362 g/mol. The van der Waals surface area contributed by atoms with Crippen LogP contribution in [0.4, 0.5) is 39.5 Å². The summed E-state index contributed by atoms with van der Waals surface area (Å²) in [5.41, 5.74) is 0. The maximum absolute atomic E-state index is 12.6. The molecular formula is C6H7F9Sn. The van der Waals surface area contributed by atoms with E-state index in [0.29, 0.717) is 0 Å². The molecule has 0 aromatic carbocycles. The van der Waals surface area contributed by atoms with E-state index in [9.17, 15) is 39.5 Å². The zero-order valence-corrected chi connectivity index (χ0v) is 13.4. The van der Waals surface area contributed by atoms with Crippen LogP contribution >= 0.6 is 0 Å². The van der Waals surface area contributed by atoms with Crippen molar-refractivity contribution >= 4 is 22.5 Å². The van der Waals surface area contributed by atoms with Gasteiger partial charge in [-0.15, -0.1) is 0 Å². The molecule has 0 aliphatic carbocycles. The quantitative estimate of drug-likeness (QED) is 0.513. The third-order valence-electron chi connectivity index (χ3n) is 1.81. The van der Waals surface area contributed by atoms with Gasteiger partial charge in [0.05, 0.1) is 0 Å². The van der Waals surface area contributed by atoms with E-state index in [-0.39, 0.29) is 0 Å². The summed E-state index contributed by atoms with van der Waals surface area (Å²) in [6.45, 7) is 0. The first-order chi connectivity index (χ1) is 6.96. The van der Waals surface area contributed by atoms with Crippen molar-refractivity contribution in [2.45, 2.75) is 34.8 Å². The van der Waals surface area contributed by atoms with Crippen LogP contribution < -0.4 is 0 Å². The first kappa shape index (κ1) is 16.2. The molecule has 0 fully saturated rings. The Morgan fingerprint density at radius 1 is 0.750 bits per heavy atom. The third kappa shape index (κ3) is 2.89. The third-order valence-corrected chi connectivity index (χ3v) is 3.88. The van der Waals surface area contributed by atoms with Gasteiger partial charge in [-0.25, -0.2) is 0 Å². The predicted molar refractivity (Wildman–Crippen MR) is 40.5 cm³/mol. The molecule has 3 atom stereocenters. The van der Waals surface area contributed by atoms with Gasteiger partial charge < -0.3 is 0 Å². The molecule has 0 radical (unpaired) electrons. The fourth-order valence-corrected chi connectivity index (χ4v) is 1.88. The van der Waals surface area contributed by atoms with E-state index in [2.05, 4.69) is 0 Å². The van der Waals surface area contributed by atoms with Crippen LogP contribution in [0.3, 0.4) is 0 Å². The molecule has 0 aliphatic heterocycles. The van der Waals surface area contributed by atoms with Crippen molar-refractivity contribution in [2.75, 3.05) is 0 Å². The predicted octanol–water partition coefficient (Wildman–Crippen LogP) is 1.86. The molecule has 0 heterocycles. The van der Waals surface area contributed by atoms with E-state index in [4.69, 9.17) is 0 Å². The van der Waals surface area contributed by atoms with E-state index in [1.165, 1.54) is 0 Å². The van der Waals surface area contributed by atoms with Gasteiger partial charge in [0.2, 0.25) is 0 Å². The molecule has 0 aliphatic rings. The fourth-order valence-electron chi connectivity index (χ4n) is 0.777. The van der Waals surface area contributed by atoms with Gasteiger partial charge in [0.25, 0.3) is 0 Å². The monoisotopic (exact) mass is 370 g/mol. The Morgan fingerprint density at radius 3 is 1.38 bits per heavy atom. The van der Waals surface area contributed by atoms with Crippen molar-refractivity contribution in [3.05, 3.63) is 0 Å². The number of hydrogen-bond donors (Lipinski definition) is 0. The summed E-state index contributed by atoms with van der Waals surface area (Å²) < 4.78 is 107. The molecule has 0 bridgehead atoms. The molecule has 0 amide bonds. The standard InChI is InChI=1S/C6H4F9.Sn.3H/c7-1-5(12,13)6(14,15)3(9)2(8)4(10)11;;;;/h1-4H;;;;. The summed E-state index contributed by atoms with van der Waals surface area (Å²) in [6.07, 6.45) is -12.7. The average Bonchev–Trinajstić information content (AvgIpc) is 2.14. The van der Waals surface area contributed by atoms with Crippen LogP contribution in [0.15, 0.2) is 0 Å². The Labute approximate surface area is 97.3 Å². The van der Waals surface area contributed by atoms with Crippen LogP contribution in [0.25, 0.3) is 0 Å². The molecule has 3 unspecified atom stereocenters. The van der Waals surface area contributed by atoms with E-state index < -0.39 is 57.3 Å². The van der Waals surface area contributed by atoms with Gasteiger partial charge in [-0.3, -0.25) is 0 Å². The first-order valence-electron chi connectivity index (χ1n) is 3.92. The summed E-state index contributed by atoms with van der Waals surface area (Å²) in [5, 5.41) is 0. The van der Waals surface area contributed by atoms with Crippen LogP contribution in [0.5, 0.6) is 0 Å². The minimum atomic E-state index is -5.80. The second kappa shape index (κ2) is 5.21. The van der Waals surface area contributed by atoms with E-state index >= 15 is 0 Å². The number of rotatable bonds is 5. The topological polar surface area (TPSA) is 0 Å². The van der Waals surface area contributed by atoms with Crippen LogP contribution in [0.1, 0.15) is 0 Å². The molecule has 0 aromatic heterocycles. The van der Waals surface area contributed by atoms with Gasteiger partial charge in [0, 0.05) is 0 Å². The molecule has 0 saturated heterocycles. The van der Waals surface area contributed by atoms with Crippen molar-refractivity contribution in [2.24, 2.45) is 0 Å². The molecule has 0 saturated carbocycles. The maximum atomic E-state index is 12.6. The summed E-state index contributed by atoms with van der Waals surface area (Å²) >= 11 is -1.62. The van der Waals surface area contributed by atoms with Crippen LogP contribution in [-0.2, 0) is 0 Å². The van der Waals surface area contributed by atoms with Gasteiger partial charge in [0.15, 0.2) is 0 Å². The van der Waals surface area contributed by atoms with Gasteiger partial charge in [-0.2, -0.15) is 0 Å². The van der Waals surface area contributed by atoms with Crippen molar-refractivity contribution in [3.8, 4) is 0 Å². The summed E-state index contributed by atoms with van der Waals surface area (Å²) in [5.74, 6) is -11.3. The van der Waals surface area contributed by atoms with Gasteiger partial charge in [0.1, 0.15) is 0 Å². The average molecular weight is 369 g/mol. The summed E-state index contributed by atoms with van der Waals surface area (Å²) in [6, 6.07) is 0. The number of halogens is 9. The summed E-state index contributed by atoms with van der Waals surface area (Å²) in [7, 11) is 0. The molecule has 0 aromatic rings. The fraction of sp³-hybridized carbons (Fsp3) is 1.00. The zero-order valence-electron chi connectivity index (χ0n) is 7.71. The minimum absolute atomic E-state index is 1.62. The summed E-state index contributed by atoms with van der Waals surface area (Å²) in [4.78, 5) is 0. The molecule has 98 valence electrons. The van der Waals surface area contributed by atoms with E-state index in [1.54, 1.807) is 0 Å². The number of alkyl halides is 9. The van der Waals surface area contributed by atoms with Gasteiger partial charge in [-0.05, 0) is 0 Å². The van der Waals surface area contributed by atoms with E-state index in [1.807, 2.05) is 0 Å². The Morgan fingerprint density at radius 2 is 1.12 bits per heavy atom. The molecule has 0 rings (SSSR count).